The van der Waals surface area contributed by atoms with Crippen LogP contribution < -0.4 is 10.1 Å². The van der Waals surface area contributed by atoms with Crippen LogP contribution in [0.5, 0.6) is 5.75 Å². The first-order valence-electron chi connectivity index (χ1n) is 6.83. The average Bonchev–Trinajstić information content (AvgIpc) is 2.99. The number of carbonyl (C=O) groups is 1. The van der Waals surface area contributed by atoms with Gasteiger partial charge in [0.15, 0.2) is 0 Å². The zero-order valence-corrected chi connectivity index (χ0v) is 12.8. The second kappa shape index (κ2) is 7.41. The molecule has 0 saturated carbocycles. The molecular formula is C15H17N3O5. The van der Waals surface area contributed by atoms with E-state index in [4.69, 9.17) is 9.15 Å². The molecule has 1 aromatic carbocycles. The molecule has 0 bridgehead atoms. The van der Waals surface area contributed by atoms with Gasteiger partial charge in [-0.1, -0.05) is 0 Å². The number of benzene rings is 1. The van der Waals surface area contributed by atoms with E-state index in [1.54, 1.807) is 30.3 Å². The van der Waals surface area contributed by atoms with Crippen LogP contribution in [-0.4, -0.2) is 36.4 Å². The second-order valence-electron chi connectivity index (χ2n) is 4.94. The van der Waals surface area contributed by atoms with E-state index in [1.807, 2.05) is 6.07 Å². The first kappa shape index (κ1) is 16.5. The number of carbonyl (C=O) groups excluding carboxylic acids is 1. The van der Waals surface area contributed by atoms with Crippen molar-refractivity contribution in [2.24, 2.45) is 0 Å². The van der Waals surface area contributed by atoms with Gasteiger partial charge in [-0.2, -0.15) is 0 Å². The summed E-state index contributed by atoms with van der Waals surface area (Å²) in [6.45, 7) is 0.537. The zero-order chi connectivity index (χ0) is 16.8. The van der Waals surface area contributed by atoms with Crippen molar-refractivity contribution in [3.8, 4) is 5.75 Å². The van der Waals surface area contributed by atoms with Crippen LogP contribution in [0.1, 0.15) is 5.76 Å². The summed E-state index contributed by atoms with van der Waals surface area (Å²) in [4.78, 5) is 24.3. The number of rotatable bonds is 7. The van der Waals surface area contributed by atoms with Crippen molar-refractivity contribution in [2.75, 3.05) is 26.0 Å². The molecule has 8 nitrogen and oxygen atoms in total. The number of furan rings is 1. The minimum atomic E-state index is -0.565. The van der Waals surface area contributed by atoms with Gasteiger partial charge in [0.05, 0.1) is 37.5 Å². The Bertz CT molecular complexity index is 684. The molecule has 0 aliphatic carbocycles. The van der Waals surface area contributed by atoms with Gasteiger partial charge in [-0.3, -0.25) is 19.8 Å². The number of nitro benzene ring substituents is 1. The Morgan fingerprint density at radius 1 is 1.43 bits per heavy atom. The smallest absolute Gasteiger partial charge is 0.296 e. The van der Waals surface area contributed by atoms with Crippen molar-refractivity contribution >= 4 is 17.3 Å². The van der Waals surface area contributed by atoms with Crippen molar-refractivity contribution in [1.82, 2.24) is 4.90 Å². The number of likely N-dealkylation sites (N-methyl/N-ethyl adjacent to an activating group) is 1. The Hall–Kier alpha value is -2.87. The van der Waals surface area contributed by atoms with Crippen molar-refractivity contribution in [3.63, 3.8) is 0 Å². The molecule has 0 fully saturated rings. The van der Waals surface area contributed by atoms with Gasteiger partial charge in [0.1, 0.15) is 17.2 Å². The van der Waals surface area contributed by atoms with E-state index in [0.717, 1.165) is 5.76 Å². The van der Waals surface area contributed by atoms with Gasteiger partial charge in [-0.25, -0.2) is 0 Å². The maximum absolute atomic E-state index is 12.0. The summed E-state index contributed by atoms with van der Waals surface area (Å²) in [6.07, 6.45) is 1.56. The standard InChI is InChI=1S/C15H17N3O5/c1-17(9-12-4-3-7-23-12)10-15(19)16-13-6-5-11(22-2)8-14(13)18(20)21/h3-8H,9-10H2,1-2H3,(H,16,19). The quantitative estimate of drug-likeness (QED) is 0.621. The van der Waals surface area contributed by atoms with Gasteiger partial charge in [0, 0.05) is 0 Å². The van der Waals surface area contributed by atoms with E-state index in [9.17, 15) is 14.9 Å². The predicted octanol–water partition coefficient (Wildman–Crippen LogP) is 2.27. The Labute approximate surface area is 132 Å². The van der Waals surface area contributed by atoms with Crippen LogP contribution >= 0.6 is 0 Å². The third-order valence-corrected chi connectivity index (χ3v) is 3.10. The molecule has 1 amide bonds. The van der Waals surface area contributed by atoms with Crippen molar-refractivity contribution in [1.29, 1.82) is 0 Å². The van der Waals surface area contributed by atoms with Gasteiger partial charge in [0.2, 0.25) is 5.91 Å². The topological polar surface area (TPSA) is 97.8 Å². The molecule has 23 heavy (non-hydrogen) atoms. The maximum Gasteiger partial charge on any atom is 0.296 e. The van der Waals surface area contributed by atoms with Crippen molar-refractivity contribution < 1.29 is 18.9 Å². The fourth-order valence-corrected chi connectivity index (χ4v) is 2.05. The number of anilines is 1. The summed E-state index contributed by atoms with van der Waals surface area (Å²) in [7, 11) is 3.17. The molecule has 8 heteroatoms. The summed E-state index contributed by atoms with van der Waals surface area (Å²) >= 11 is 0. The molecule has 1 heterocycles. The number of ether oxygens (including phenoxy) is 1. The van der Waals surface area contributed by atoms with Gasteiger partial charge in [0.25, 0.3) is 5.69 Å². The minimum Gasteiger partial charge on any atom is -0.496 e. The monoisotopic (exact) mass is 319 g/mol. The molecule has 2 aromatic rings. The Morgan fingerprint density at radius 2 is 2.22 bits per heavy atom. The van der Waals surface area contributed by atoms with E-state index in [0.29, 0.717) is 12.3 Å². The molecule has 0 unspecified atom stereocenters. The van der Waals surface area contributed by atoms with Crippen LogP contribution in [-0.2, 0) is 11.3 Å². The summed E-state index contributed by atoms with van der Waals surface area (Å²) in [5.74, 6) is 0.729. The molecule has 0 aliphatic rings. The van der Waals surface area contributed by atoms with E-state index >= 15 is 0 Å². The molecular weight excluding hydrogens is 302 g/mol. The molecule has 122 valence electrons. The molecule has 2 rings (SSSR count). The van der Waals surface area contributed by atoms with Gasteiger partial charge in [-0.15, -0.1) is 0 Å². The van der Waals surface area contributed by atoms with Gasteiger partial charge >= 0.3 is 0 Å². The minimum absolute atomic E-state index is 0.0733. The lowest BCUT2D eigenvalue weighted by Gasteiger charge is -2.15. The van der Waals surface area contributed by atoms with Crippen LogP contribution in [0.2, 0.25) is 0 Å². The maximum atomic E-state index is 12.0. The average molecular weight is 319 g/mol. The summed E-state index contributed by atoms with van der Waals surface area (Å²) in [5.41, 5.74) is -0.0846. The first-order valence-corrected chi connectivity index (χ1v) is 6.83. The summed E-state index contributed by atoms with van der Waals surface area (Å²) in [6, 6.07) is 7.84. The van der Waals surface area contributed by atoms with Crippen LogP contribution in [0.3, 0.4) is 0 Å². The normalized spacial score (nSPS) is 10.6. The number of nitro groups is 1. The van der Waals surface area contributed by atoms with E-state index in [-0.39, 0.29) is 23.8 Å². The van der Waals surface area contributed by atoms with Crippen LogP contribution in [0.25, 0.3) is 0 Å². The highest BCUT2D eigenvalue weighted by atomic mass is 16.6. The Kier molecular flexibility index (Phi) is 5.32. The molecule has 0 radical (unpaired) electrons. The van der Waals surface area contributed by atoms with Gasteiger partial charge < -0.3 is 14.5 Å². The van der Waals surface area contributed by atoms with E-state index in [1.165, 1.54) is 19.2 Å². The lowest BCUT2D eigenvalue weighted by Crippen LogP contribution is -2.29. The molecule has 0 atom stereocenters. The highest BCUT2D eigenvalue weighted by Gasteiger charge is 2.18. The third kappa shape index (κ3) is 4.55. The molecule has 0 spiro atoms. The number of nitrogens with one attached hydrogen (secondary N) is 1. The van der Waals surface area contributed by atoms with Crippen LogP contribution in [0.15, 0.2) is 41.0 Å². The van der Waals surface area contributed by atoms with E-state index in [2.05, 4.69) is 5.32 Å². The SMILES string of the molecule is COc1ccc(NC(=O)CN(C)Cc2ccco2)c([N+](=O)[O-])c1. The highest BCUT2D eigenvalue weighted by molar-refractivity contribution is 5.94. The number of nitrogens with zero attached hydrogens (tertiary/aromatic N) is 2. The number of hydrogen-bond acceptors (Lipinski definition) is 6. The molecule has 0 saturated heterocycles. The molecule has 1 N–H and O–H groups in total. The van der Waals surface area contributed by atoms with Crippen LogP contribution in [0, 0.1) is 10.1 Å². The Balaban J connectivity index is 2.00. The highest BCUT2D eigenvalue weighted by Crippen LogP contribution is 2.28. The summed E-state index contributed by atoms with van der Waals surface area (Å²) < 4.78 is 10.2. The van der Waals surface area contributed by atoms with Crippen molar-refractivity contribution in [3.05, 3.63) is 52.5 Å². The fraction of sp³-hybridized carbons (Fsp3) is 0.267. The lowest BCUT2D eigenvalue weighted by atomic mass is 10.2. The van der Waals surface area contributed by atoms with Gasteiger partial charge in [-0.05, 0) is 31.3 Å². The number of methoxy groups -OCH3 is 1. The number of amides is 1. The largest absolute Gasteiger partial charge is 0.496 e. The second-order valence-corrected chi connectivity index (χ2v) is 4.94. The molecule has 0 aliphatic heterocycles. The third-order valence-electron chi connectivity index (χ3n) is 3.10. The summed E-state index contributed by atoms with van der Waals surface area (Å²) in [5, 5.41) is 13.6. The van der Waals surface area contributed by atoms with E-state index < -0.39 is 4.92 Å². The zero-order valence-electron chi connectivity index (χ0n) is 12.8. The number of hydrogen-bond donors (Lipinski definition) is 1. The predicted molar refractivity (Wildman–Crippen MR) is 83.3 cm³/mol. The fourth-order valence-electron chi connectivity index (χ4n) is 2.05. The van der Waals surface area contributed by atoms with Crippen molar-refractivity contribution in [2.45, 2.75) is 6.54 Å². The van der Waals surface area contributed by atoms with Crippen LogP contribution in [0.4, 0.5) is 11.4 Å². The lowest BCUT2D eigenvalue weighted by molar-refractivity contribution is -0.384. The Morgan fingerprint density at radius 3 is 2.83 bits per heavy atom. The first-order chi connectivity index (χ1) is 11.0. The molecule has 1 aromatic heterocycles.